The van der Waals surface area contributed by atoms with Crippen LogP contribution in [0.15, 0.2) is 66.5 Å². The van der Waals surface area contributed by atoms with Crippen molar-refractivity contribution in [1.82, 2.24) is 19.7 Å². The summed E-state index contributed by atoms with van der Waals surface area (Å²) in [6.07, 6.45) is 4.34. The lowest BCUT2D eigenvalue weighted by Crippen LogP contribution is -2.23. The van der Waals surface area contributed by atoms with Crippen LogP contribution in [0.2, 0.25) is 0 Å². The molecule has 4 aromatic rings. The lowest BCUT2D eigenvalue weighted by Gasteiger charge is -2.28. The third kappa shape index (κ3) is 4.12. The van der Waals surface area contributed by atoms with Crippen LogP contribution in [0.5, 0.6) is 11.5 Å². The highest BCUT2D eigenvalue weighted by Crippen LogP contribution is 2.37. The first kappa shape index (κ1) is 20.6. The second-order valence-corrected chi connectivity index (χ2v) is 8.02. The van der Waals surface area contributed by atoms with Gasteiger partial charge >= 0.3 is 0 Å². The number of benzene rings is 2. The number of hydrogen-bond acceptors (Lipinski definition) is 6. The first-order chi connectivity index (χ1) is 16.0. The molecule has 1 aliphatic carbocycles. The Labute approximate surface area is 188 Å². The number of nitrogens with two attached hydrogens (primary N) is 2. The second-order valence-electron chi connectivity index (χ2n) is 8.02. The van der Waals surface area contributed by atoms with Crippen LogP contribution >= 0.6 is 0 Å². The minimum Gasteiger partial charge on any atom is -0.457 e. The fourth-order valence-corrected chi connectivity index (χ4v) is 4.10. The monoisotopic (exact) mass is 444 g/mol. The topological polar surface area (TPSA) is 122 Å². The lowest BCUT2D eigenvalue weighted by atomic mass is 9.80. The molecule has 8 nitrogen and oxygen atoms in total. The first-order valence-corrected chi connectivity index (χ1v) is 10.5. The molecule has 166 valence electrons. The molecule has 33 heavy (non-hydrogen) atoms. The number of halogens is 1. The van der Waals surface area contributed by atoms with E-state index in [4.69, 9.17) is 16.2 Å². The van der Waals surface area contributed by atoms with Crippen LogP contribution in [-0.2, 0) is 11.3 Å². The van der Waals surface area contributed by atoms with Gasteiger partial charge in [-0.3, -0.25) is 4.79 Å². The Bertz CT molecular complexity index is 1370. The highest BCUT2D eigenvalue weighted by molar-refractivity contribution is 5.98. The summed E-state index contributed by atoms with van der Waals surface area (Å²) in [5, 5.41) is 5.15. The van der Waals surface area contributed by atoms with Crippen molar-refractivity contribution >= 4 is 22.8 Å². The van der Waals surface area contributed by atoms with E-state index in [0.717, 1.165) is 18.4 Å². The zero-order valence-electron chi connectivity index (χ0n) is 17.6. The Morgan fingerprint density at radius 2 is 1.94 bits per heavy atom. The van der Waals surface area contributed by atoms with E-state index in [0.29, 0.717) is 34.8 Å². The van der Waals surface area contributed by atoms with Crippen molar-refractivity contribution < 1.29 is 13.9 Å². The van der Waals surface area contributed by atoms with Crippen molar-refractivity contribution in [3.63, 3.8) is 0 Å². The van der Waals surface area contributed by atoms with Crippen molar-refractivity contribution in [3.8, 4) is 22.8 Å². The summed E-state index contributed by atoms with van der Waals surface area (Å²) in [5.41, 5.74) is 13.6. The number of allylic oxidation sites excluding steroid dienone is 1. The molecule has 1 amide bonds. The average Bonchev–Trinajstić information content (AvgIpc) is 3.12. The summed E-state index contributed by atoms with van der Waals surface area (Å²) in [4.78, 5) is 19.5. The molecule has 1 saturated carbocycles. The molecule has 2 heterocycles. The number of primary amides is 1. The number of ether oxygens (including phenoxy) is 1. The molecule has 0 saturated heterocycles. The number of amides is 1. The van der Waals surface area contributed by atoms with Crippen LogP contribution < -0.4 is 16.2 Å². The lowest BCUT2D eigenvalue weighted by molar-refractivity contribution is -0.113. The molecular weight excluding hydrogens is 423 g/mol. The van der Waals surface area contributed by atoms with Gasteiger partial charge in [-0.05, 0) is 43.0 Å². The Morgan fingerprint density at radius 3 is 2.67 bits per heavy atom. The molecule has 0 spiro atoms. The van der Waals surface area contributed by atoms with Gasteiger partial charge in [-0.2, -0.15) is 5.10 Å². The minimum absolute atomic E-state index is 0.230. The van der Waals surface area contributed by atoms with Crippen molar-refractivity contribution in [2.75, 3.05) is 5.73 Å². The number of fused-ring (bicyclic) bond motifs is 1. The van der Waals surface area contributed by atoms with E-state index >= 15 is 4.39 Å². The van der Waals surface area contributed by atoms with Crippen LogP contribution in [0.3, 0.4) is 0 Å². The first-order valence-electron chi connectivity index (χ1n) is 10.5. The van der Waals surface area contributed by atoms with E-state index in [1.807, 2.05) is 18.2 Å². The summed E-state index contributed by atoms with van der Waals surface area (Å²) in [6, 6.07) is 13.8. The molecule has 9 heteroatoms. The highest BCUT2D eigenvalue weighted by atomic mass is 19.1. The number of anilines is 1. The van der Waals surface area contributed by atoms with E-state index in [2.05, 4.69) is 15.1 Å². The number of hydrogen-bond donors (Lipinski definition) is 2. The number of para-hydroxylation sites is 1. The van der Waals surface area contributed by atoms with Gasteiger partial charge in [0.15, 0.2) is 5.65 Å². The van der Waals surface area contributed by atoms with Gasteiger partial charge in [0.2, 0.25) is 5.91 Å². The fourth-order valence-electron chi connectivity index (χ4n) is 4.10. The summed E-state index contributed by atoms with van der Waals surface area (Å²) < 4.78 is 22.6. The Hall–Kier alpha value is -4.27. The number of aromatic nitrogens is 4. The van der Waals surface area contributed by atoms with Gasteiger partial charge < -0.3 is 16.2 Å². The zero-order chi connectivity index (χ0) is 22.9. The molecular formula is C24H21FN6O2. The van der Waals surface area contributed by atoms with Crippen LogP contribution in [0, 0.1) is 11.7 Å². The van der Waals surface area contributed by atoms with E-state index < -0.39 is 11.7 Å². The highest BCUT2D eigenvalue weighted by Gasteiger charge is 2.27. The number of carbonyl (C=O) groups excluding carboxylic acids is 1. The molecule has 5 rings (SSSR count). The van der Waals surface area contributed by atoms with Gasteiger partial charge in [0.05, 0.1) is 5.39 Å². The number of nitrogens with zero attached hydrogens (tertiary/aromatic N) is 4. The van der Waals surface area contributed by atoms with Gasteiger partial charge in [-0.1, -0.05) is 23.8 Å². The summed E-state index contributed by atoms with van der Waals surface area (Å²) >= 11 is 0. The van der Waals surface area contributed by atoms with E-state index in [1.165, 1.54) is 18.5 Å². The van der Waals surface area contributed by atoms with Crippen molar-refractivity contribution in [2.45, 2.75) is 19.4 Å². The van der Waals surface area contributed by atoms with Crippen molar-refractivity contribution in [2.24, 2.45) is 11.7 Å². The molecule has 1 fully saturated rings. The van der Waals surface area contributed by atoms with Crippen molar-refractivity contribution in [3.05, 3.63) is 72.3 Å². The van der Waals surface area contributed by atoms with Gasteiger partial charge in [0.1, 0.15) is 35.2 Å². The minimum atomic E-state index is -0.492. The maximum Gasteiger partial charge on any atom is 0.241 e. The predicted molar refractivity (Wildman–Crippen MR) is 122 cm³/mol. The van der Waals surface area contributed by atoms with Gasteiger partial charge in [0.25, 0.3) is 0 Å². The van der Waals surface area contributed by atoms with Crippen LogP contribution in [0.1, 0.15) is 12.8 Å². The Morgan fingerprint density at radius 1 is 1.15 bits per heavy atom. The molecule has 0 aliphatic heterocycles. The van der Waals surface area contributed by atoms with Crippen molar-refractivity contribution in [1.29, 1.82) is 0 Å². The molecule has 0 radical (unpaired) electrons. The smallest absolute Gasteiger partial charge is 0.241 e. The van der Waals surface area contributed by atoms with E-state index in [9.17, 15) is 4.79 Å². The number of rotatable bonds is 6. The zero-order valence-corrected chi connectivity index (χ0v) is 17.6. The van der Waals surface area contributed by atoms with Gasteiger partial charge in [-0.15, -0.1) is 0 Å². The molecule has 4 N–H and O–H groups in total. The third-order valence-electron chi connectivity index (χ3n) is 5.61. The van der Waals surface area contributed by atoms with E-state index in [1.54, 1.807) is 28.9 Å². The maximum absolute atomic E-state index is 15.2. The van der Waals surface area contributed by atoms with Gasteiger partial charge in [0, 0.05) is 24.3 Å². The molecule has 2 aromatic carbocycles. The normalized spacial score (nSPS) is 15.3. The summed E-state index contributed by atoms with van der Waals surface area (Å²) in [7, 11) is 0. The fraction of sp³-hybridized carbons (Fsp3) is 0.167. The molecule has 1 aliphatic rings. The summed E-state index contributed by atoms with van der Waals surface area (Å²) in [5.74, 6) is 0.558. The average molecular weight is 444 g/mol. The summed E-state index contributed by atoms with van der Waals surface area (Å²) in [6.45, 7) is 0.555. The quantitative estimate of drug-likeness (QED) is 0.436. The Kier molecular flexibility index (Phi) is 5.21. The van der Waals surface area contributed by atoms with Gasteiger partial charge in [-0.25, -0.2) is 19.0 Å². The van der Waals surface area contributed by atoms with Crippen LogP contribution in [0.4, 0.5) is 10.2 Å². The number of carbonyl (C=O) groups is 1. The molecule has 2 aromatic heterocycles. The second kappa shape index (κ2) is 8.34. The number of nitrogen functional groups attached to an aromatic ring is 1. The standard InChI is InChI=1S/C24H21FN6O2/c25-19-11-17(33-16-4-2-1-3-5-16)6-7-18(19)22-21-23(27)28-13-29-24(21)31(30-22)12-15-8-14(9-15)10-20(26)32/h1-7,10-11,13,15H,8-9,12H2,(H2,26,32)(H2,27,28,29). The molecule has 0 atom stereocenters. The predicted octanol–water partition coefficient (Wildman–Crippen LogP) is 3.83. The maximum atomic E-state index is 15.2. The molecule has 0 unspecified atom stereocenters. The van der Waals surface area contributed by atoms with E-state index in [-0.39, 0.29) is 17.3 Å². The third-order valence-corrected chi connectivity index (χ3v) is 5.61. The molecule has 0 bridgehead atoms. The van der Waals surface area contributed by atoms with Crippen LogP contribution in [-0.4, -0.2) is 25.7 Å². The largest absolute Gasteiger partial charge is 0.457 e. The SMILES string of the molecule is NC(=O)C=C1CC(Cn2nc(-c3ccc(Oc4ccccc4)cc3F)c3c(N)ncnc32)C1. The van der Waals surface area contributed by atoms with Crippen LogP contribution in [0.25, 0.3) is 22.3 Å². The Balaban J connectivity index is 1.46.